The summed E-state index contributed by atoms with van der Waals surface area (Å²) in [5.74, 6) is 1.55. The third-order valence-electron chi connectivity index (χ3n) is 7.90. The van der Waals surface area contributed by atoms with Crippen molar-refractivity contribution in [1.29, 1.82) is 0 Å². The van der Waals surface area contributed by atoms with Crippen LogP contribution in [0.4, 0.5) is 4.79 Å². The van der Waals surface area contributed by atoms with Crippen LogP contribution in [0.1, 0.15) is 62.5 Å². The normalized spacial score (nSPS) is 15.8. The molecule has 5 rings (SSSR count). The SMILES string of the molecule is Cc1nc(-c2ccc(C(N)c3nc4cc(C(C)(C(=O)N5CCCC5)N(C)C(=O)OC(C)C)ccc4n3C)cc2)no1. The van der Waals surface area contributed by atoms with Crippen molar-refractivity contribution in [2.75, 3.05) is 20.1 Å². The van der Waals surface area contributed by atoms with E-state index < -0.39 is 17.7 Å². The molecule has 0 radical (unpaired) electrons. The van der Waals surface area contributed by atoms with E-state index >= 15 is 0 Å². The van der Waals surface area contributed by atoms with Gasteiger partial charge in [0.25, 0.3) is 5.91 Å². The van der Waals surface area contributed by atoms with E-state index in [1.807, 2.05) is 59.0 Å². The number of hydrogen-bond donors (Lipinski definition) is 1. The summed E-state index contributed by atoms with van der Waals surface area (Å²) >= 11 is 0. The maximum atomic E-state index is 13.9. The van der Waals surface area contributed by atoms with Gasteiger partial charge in [-0.15, -0.1) is 0 Å². The zero-order valence-corrected chi connectivity index (χ0v) is 24.4. The minimum absolute atomic E-state index is 0.137. The number of likely N-dealkylation sites (N-methyl/N-ethyl adjacent to an activating group) is 1. The summed E-state index contributed by atoms with van der Waals surface area (Å²) in [6.07, 6.45) is 1.01. The first-order valence-corrected chi connectivity index (χ1v) is 13.9. The summed E-state index contributed by atoms with van der Waals surface area (Å²) in [4.78, 5) is 39.4. The van der Waals surface area contributed by atoms with E-state index in [1.54, 1.807) is 34.7 Å². The second-order valence-corrected chi connectivity index (χ2v) is 11.0. The third-order valence-corrected chi connectivity index (χ3v) is 7.90. The van der Waals surface area contributed by atoms with Gasteiger partial charge in [0.05, 0.1) is 23.2 Å². The highest BCUT2D eigenvalue weighted by molar-refractivity contribution is 5.92. The Morgan fingerprint density at radius 1 is 1.10 bits per heavy atom. The number of nitrogens with two attached hydrogens (primary N) is 1. The Morgan fingerprint density at radius 2 is 1.78 bits per heavy atom. The summed E-state index contributed by atoms with van der Waals surface area (Å²) in [7, 11) is 3.53. The van der Waals surface area contributed by atoms with Crippen LogP contribution in [-0.2, 0) is 22.1 Å². The molecule has 1 aliphatic heterocycles. The quantitative estimate of drug-likeness (QED) is 0.355. The molecule has 11 heteroatoms. The third kappa shape index (κ3) is 5.17. The summed E-state index contributed by atoms with van der Waals surface area (Å²) in [5, 5.41) is 3.97. The van der Waals surface area contributed by atoms with Crippen molar-refractivity contribution in [3.8, 4) is 11.4 Å². The molecule has 1 aliphatic rings. The molecule has 2 aromatic carbocycles. The fourth-order valence-electron chi connectivity index (χ4n) is 5.36. The predicted octanol–water partition coefficient (Wildman–Crippen LogP) is 4.29. The average molecular weight is 560 g/mol. The van der Waals surface area contributed by atoms with Crippen LogP contribution in [0.2, 0.25) is 0 Å². The molecule has 11 nitrogen and oxygen atoms in total. The van der Waals surface area contributed by atoms with Gasteiger partial charge < -0.3 is 24.5 Å². The van der Waals surface area contributed by atoms with Crippen LogP contribution in [0, 0.1) is 6.92 Å². The highest BCUT2D eigenvalue weighted by Gasteiger charge is 2.46. The first-order chi connectivity index (χ1) is 19.5. The number of carbonyl (C=O) groups excluding carboxylic acids is 2. The summed E-state index contributed by atoms with van der Waals surface area (Å²) < 4.78 is 12.5. The molecule has 3 heterocycles. The Kier molecular flexibility index (Phi) is 7.56. The van der Waals surface area contributed by atoms with Gasteiger partial charge in [-0.3, -0.25) is 9.69 Å². The molecular formula is C30H37N7O4. The van der Waals surface area contributed by atoms with E-state index in [2.05, 4.69) is 10.1 Å². The van der Waals surface area contributed by atoms with E-state index in [4.69, 9.17) is 20.0 Å². The highest BCUT2D eigenvalue weighted by Crippen LogP contribution is 2.34. The Balaban J connectivity index is 1.50. The highest BCUT2D eigenvalue weighted by atomic mass is 16.6. The molecule has 2 aromatic heterocycles. The molecule has 2 amide bonds. The van der Waals surface area contributed by atoms with Crippen molar-refractivity contribution in [2.24, 2.45) is 12.8 Å². The van der Waals surface area contributed by atoms with Crippen LogP contribution < -0.4 is 5.73 Å². The van der Waals surface area contributed by atoms with Crippen LogP contribution >= 0.6 is 0 Å². The molecule has 0 bridgehead atoms. The van der Waals surface area contributed by atoms with E-state index in [1.165, 1.54) is 4.90 Å². The van der Waals surface area contributed by atoms with Gasteiger partial charge in [0.2, 0.25) is 11.7 Å². The van der Waals surface area contributed by atoms with Gasteiger partial charge in [-0.25, -0.2) is 9.78 Å². The summed E-state index contributed by atoms with van der Waals surface area (Å²) in [5.41, 5.74) is 9.32. The van der Waals surface area contributed by atoms with Crippen molar-refractivity contribution in [3.63, 3.8) is 0 Å². The van der Waals surface area contributed by atoms with Crippen molar-refractivity contribution in [3.05, 3.63) is 65.3 Å². The van der Waals surface area contributed by atoms with Crippen molar-refractivity contribution >= 4 is 23.0 Å². The zero-order valence-electron chi connectivity index (χ0n) is 24.4. The van der Waals surface area contributed by atoms with Gasteiger partial charge in [-0.2, -0.15) is 4.98 Å². The van der Waals surface area contributed by atoms with E-state index in [-0.39, 0.29) is 12.0 Å². The first kappa shape index (κ1) is 28.3. The molecule has 2 atom stereocenters. The second-order valence-electron chi connectivity index (χ2n) is 11.0. The lowest BCUT2D eigenvalue weighted by Gasteiger charge is -2.40. The maximum Gasteiger partial charge on any atom is 0.410 e. The lowest BCUT2D eigenvalue weighted by atomic mass is 9.88. The topological polar surface area (TPSA) is 133 Å². The zero-order chi connectivity index (χ0) is 29.5. The number of fused-ring (bicyclic) bond motifs is 1. The fourth-order valence-corrected chi connectivity index (χ4v) is 5.36. The molecule has 1 fully saturated rings. The number of carbonyl (C=O) groups is 2. The molecule has 216 valence electrons. The first-order valence-electron chi connectivity index (χ1n) is 13.9. The number of aryl methyl sites for hydroxylation is 2. The van der Waals surface area contributed by atoms with Crippen molar-refractivity contribution in [1.82, 2.24) is 29.5 Å². The van der Waals surface area contributed by atoms with Gasteiger partial charge in [0, 0.05) is 39.7 Å². The number of ether oxygens (including phenoxy) is 1. The molecule has 1 saturated heterocycles. The van der Waals surface area contributed by atoms with Crippen molar-refractivity contribution < 1.29 is 18.8 Å². The van der Waals surface area contributed by atoms with Crippen LogP contribution in [0.3, 0.4) is 0 Å². The van der Waals surface area contributed by atoms with E-state index in [0.717, 1.165) is 29.5 Å². The average Bonchev–Trinajstić information content (AvgIpc) is 3.72. The smallest absolute Gasteiger partial charge is 0.410 e. The van der Waals surface area contributed by atoms with Gasteiger partial charge in [0.1, 0.15) is 11.4 Å². The Morgan fingerprint density at radius 3 is 2.39 bits per heavy atom. The standard InChI is InChI=1S/C30H37N7O4/c1-18(2)40-29(39)36(6)30(4,28(38)37-15-7-8-16-37)22-13-14-24-23(17-22)33-27(35(24)5)25(31)20-9-11-21(12-10-20)26-32-19(3)41-34-26/h9-14,17-18,25H,7-8,15-16,31H2,1-6H3. The number of benzene rings is 2. The number of amides is 2. The van der Waals surface area contributed by atoms with Gasteiger partial charge >= 0.3 is 6.09 Å². The van der Waals surface area contributed by atoms with Gasteiger partial charge in [-0.05, 0) is 56.9 Å². The lowest BCUT2D eigenvalue weighted by molar-refractivity contribution is -0.141. The number of nitrogens with zero attached hydrogens (tertiary/aromatic N) is 6. The number of imidazole rings is 1. The number of rotatable bonds is 7. The molecule has 41 heavy (non-hydrogen) atoms. The lowest BCUT2D eigenvalue weighted by Crippen LogP contribution is -2.56. The Hall–Kier alpha value is -4.25. The molecule has 0 aliphatic carbocycles. The van der Waals surface area contributed by atoms with Crippen LogP contribution in [0.25, 0.3) is 22.4 Å². The molecule has 0 spiro atoms. The van der Waals surface area contributed by atoms with Crippen LogP contribution in [0.15, 0.2) is 47.0 Å². The molecular weight excluding hydrogens is 522 g/mol. The summed E-state index contributed by atoms with van der Waals surface area (Å²) in [6, 6.07) is 12.8. The Labute approximate surface area is 239 Å². The molecule has 4 aromatic rings. The monoisotopic (exact) mass is 559 g/mol. The van der Waals surface area contributed by atoms with Gasteiger partial charge in [0.15, 0.2) is 0 Å². The largest absolute Gasteiger partial charge is 0.447 e. The van der Waals surface area contributed by atoms with E-state index in [0.29, 0.717) is 41.7 Å². The minimum atomic E-state index is -1.28. The second kappa shape index (κ2) is 11.0. The van der Waals surface area contributed by atoms with Crippen LogP contribution in [0.5, 0.6) is 0 Å². The van der Waals surface area contributed by atoms with E-state index in [9.17, 15) is 9.59 Å². The molecule has 0 saturated carbocycles. The number of aromatic nitrogens is 4. The number of hydrogen-bond acceptors (Lipinski definition) is 8. The summed E-state index contributed by atoms with van der Waals surface area (Å²) in [6.45, 7) is 8.43. The number of likely N-dealkylation sites (tertiary alicyclic amines) is 1. The van der Waals surface area contributed by atoms with Gasteiger partial charge in [-0.1, -0.05) is 35.5 Å². The minimum Gasteiger partial charge on any atom is -0.447 e. The fraction of sp³-hybridized carbons (Fsp3) is 0.433. The predicted molar refractivity (Wildman–Crippen MR) is 154 cm³/mol. The van der Waals surface area contributed by atoms with Crippen LogP contribution in [-0.4, -0.2) is 67.7 Å². The molecule has 2 N–H and O–H groups in total. The molecule has 2 unspecified atom stereocenters. The maximum absolute atomic E-state index is 13.9. The van der Waals surface area contributed by atoms with Crippen molar-refractivity contribution in [2.45, 2.75) is 58.2 Å². The Bertz CT molecular complexity index is 1570.